The molecule has 1 rings (SSSR count). The third-order valence-corrected chi connectivity index (χ3v) is 2.89. The van der Waals surface area contributed by atoms with Gasteiger partial charge in [0, 0.05) is 18.2 Å². The van der Waals surface area contributed by atoms with Gasteiger partial charge in [-0.2, -0.15) is 0 Å². The first-order valence-corrected chi connectivity index (χ1v) is 6.50. The van der Waals surface area contributed by atoms with E-state index in [2.05, 4.69) is 10.1 Å². The molecule has 118 valence electrons. The van der Waals surface area contributed by atoms with E-state index in [1.807, 2.05) is 13.8 Å². The van der Waals surface area contributed by atoms with Gasteiger partial charge in [0.2, 0.25) is 0 Å². The van der Waals surface area contributed by atoms with Crippen LogP contribution in [0, 0.1) is 5.92 Å². The third kappa shape index (κ3) is 6.03. The number of halogens is 3. The van der Waals surface area contributed by atoms with Crippen LogP contribution in [0.2, 0.25) is 0 Å². The molecule has 0 aliphatic rings. The van der Waals surface area contributed by atoms with Gasteiger partial charge in [-0.15, -0.1) is 13.2 Å². The number of ether oxygens (including phenoxy) is 1. The molecule has 0 radical (unpaired) electrons. The Morgan fingerprint density at radius 2 is 2.05 bits per heavy atom. The summed E-state index contributed by atoms with van der Waals surface area (Å²) in [6.45, 7) is 3.67. The van der Waals surface area contributed by atoms with Crippen LogP contribution in [-0.2, 0) is 0 Å². The van der Waals surface area contributed by atoms with Gasteiger partial charge in [-0.3, -0.25) is 4.79 Å². The van der Waals surface area contributed by atoms with Crippen LogP contribution >= 0.6 is 0 Å². The van der Waals surface area contributed by atoms with E-state index < -0.39 is 18.0 Å². The second-order valence-electron chi connectivity index (χ2n) is 4.91. The van der Waals surface area contributed by atoms with Crippen molar-refractivity contribution < 1.29 is 27.8 Å². The molecule has 21 heavy (non-hydrogen) atoms. The van der Waals surface area contributed by atoms with Crippen LogP contribution in [0.15, 0.2) is 24.3 Å². The molecule has 2 N–H and O–H groups in total. The zero-order valence-electron chi connectivity index (χ0n) is 11.8. The van der Waals surface area contributed by atoms with E-state index in [9.17, 15) is 18.0 Å². The second kappa shape index (κ2) is 7.31. The minimum Gasteiger partial charge on any atom is -0.406 e. The number of benzene rings is 1. The molecular weight excluding hydrogens is 287 g/mol. The van der Waals surface area contributed by atoms with Gasteiger partial charge in [-0.25, -0.2) is 0 Å². The number of aliphatic hydroxyl groups is 1. The quantitative estimate of drug-likeness (QED) is 0.849. The van der Waals surface area contributed by atoms with Crippen LogP contribution < -0.4 is 10.1 Å². The summed E-state index contributed by atoms with van der Waals surface area (Å²) < 4.78 is 40.2. The molecule has 0 saturated carbocycles. The van der Waals surface area contributed by atoms with Crippen LogP contribution in [0.1, 0.15) is 30.6 Å². The van der Waals surface area contributed by atoms with E-state index in [4.69, 9.17) is 5.11 Å². The maximum absolute atomic E-state index is 12.1. The van der Waals surface area contributed by atoms with Crippen LogP contribution in [0.3, 0.4) is 0 Å². The lowest BCUT2D eigenvalue weighted by atomic mass is 10.0. The predicted molar refractivity (Wildman–Crippen MR) is 70.9 cm³/mol. The van der Waals surface area contributed by atoms with E-state index in [0.717, 1.165) is 12.1 Å². The van der Waals surface area contributed by atoms with Crippen LogP contribution in [0.25, 0.3) is 0 Å². The first kappa shape index (κ1) is 17.3. The minimum atomic E-state index is -4.80. The SMILES string of the molecule is CC(C)C(CCO)NC(=O)c1cccc(OC(F)(F)F)c1. The monoisotopic (exact) mass is 305 g/mol. The molecule has 4 nitrogen and oxygen atoms in total. The summed E-state index contributed by atoms with van der Waals surface area (Å²) in [5.41, 5.74) is 0.0698. The maximum atomic E-state index is 12.1. The van der Waals surface area contributed by atoms with Crippen molar-refractivity contribution in [2.45, 2.75) is 32.7 Å². The lowest BCUT2D eigenvalue weighted by molar-refractivity contribution is -0.274. The maximum Gasteiger partial charge on any atom is 0.573 e. The summed E-state index contributed by atoms with van der Waals surface area (Å²) in [5.74, 6) is -0.858. The first-order valence-electron chi connectivity index (χ1n) is 6.50. The van der Waals surface area contributed by atoms with Crippen molar-refractivity contribution in [2.75, 3.05) is 6.61 Å². The lowest BCUT2D eigenvalue weighted by Gasteiger charge is -2.21. The molecule has 1 aromatic rings. The summed E-state index contributed by atoms with van der Waals surface area (Å²) in [6.07, 6.45) is -4.42. The Kier molecular flexibility index (Phi) is 6.02. The zero-order chi connectivity index (χ0) is 16.0. The van der Waals surface area contributed by atoms with Crippen molar-refractivity contribution in [3.05, 3.63) is 29.8 Å². The zero-order valence-corrected chi connectivity index (χ0v) is 11.8. The predicted octanol–water partition coefficient (Wildman–Crippen LogP) is 2.72. The van der Waals surface area contributed by atoms with Gasteiger partial charge in [0.05, 0.1) is 0 Å². The largest absolute Gasteiger partial charge is 0.573 e. The molecule has 0 saturated heterocycles. The highest BCUT2D eigenvalue weighted by atomic mass is 19.4. The van der Waals surface area contributed by atoms with Crippen molar-refractivity contribution in [3.8, 4) is 5.75 Å². The van der Waals surface area contributed by atoms with Gasteiger partial charge in [-0.1, -0.05) is 19.9 Å². The van der Waals surface area contributed by atoms with Crippen molar-refractivity contribution >= 4 is 5.91 Å². The molecule has 0 fully saturated rings. The fourth-order valence-electron chi connectivity index (χ4n) is 1.80. The molecule has 1 aromatic carbocycles. The number of carbonyl (C=O) groups is 1. The van der Waals surface area contributed by atoms with Crippen molar-refractivity contribution in [1.82, 2.24) is 5.32 Å². The summed E-state index contributed by atoms with van der Waals surface area (Å²) >= 11 is 0. The smallest absolute Gasteiger partial charge is 0.406 e. The molecule has 1 atom stereocenters. The van der Waals surface area contributed by atoms with Gasteiger partial charge in [0.25, 0.3) is 5.91 Å². The highest BCUT2D eigenvalue weighted by Gasteiger charge is 2.31. The summed E-state index contributed by atoms with van der Waals surface area (Å²) in [4.78, 5) is 12.0. The Morgan fingerprint density at radius 1 is 1.38 bits per heavy atom. The minimum absolute atomic E-state index is 0.0698. The number of rotatable bonds is 6. The van der Waals surface area contributed by atoms with Crippen molar-refractivity contribution in [1.29, 1.82) is 0 Å². The first-order chi connectivity index (χ1) is 9.73. The number of carbonyl (C=O) groups excluding carboxylic acids is 1. The lowest BCUT2D eigenvalue weighted by Crippen LogP contribution is -2.39. The van der Waals surface area contributed by atoms with Gasteiger partial charge in [-0.05, 0) is 30.5 Å². The average Bonchev–Trinajstić information content (AvgIpc) is 2.36. The number of hydrogen-bond donors (Lipinski definition) is 2. The summed E-state index contributed by atoms with van der Waals surface area (Å²) in [7, 11) is 0. The molecule has 7 heteroatoms. The Morgan fingerprint density at radius 3 is 2.57 bits per heavy atom. The number of nitrogens with one attached hydrogen (secondary N) is 1. The fourth-order valence-corrected chi connectivity index (χ4v) is 1.80. The van der Waals surface area contributed by atoms with Gasteiger partial charge in [0.1, 0.15) is 5.75 Å². The summed E-state index contributed by atoms with van der Waals surface area (Å²) in [5, 5.41) is 11.6. The molecule has 1 unspecified atom stereocenters. The topological polar surface area (TPSA) is 58.6 Å². The highest BCUT2D eigenvalue weighted by molar-refractivity contribution is 5.94. The molecule has 1 amide bonds. The van der Waals surface area contributed by atoms with E-state index in [1.54, 1.807) is 0 Å². The highest BCUT2D eigenvalue weighted by Crippen LogP contribution is 2.23. The van der Waals surface area contributed by atoms with Crippen molar-refractivity contribution in [3.63, 3.8) is 0 Å². The van der Waals surface area contributed by atoms with Gasteiger partial charge in [0.15, 0.2) is 0 Å². The van der Waals surface area contributed by atoms with Gasteiger partial charge >= 0.3 is 6.36 Å². The van der Waals surface area contributed by atoms with E-state index in [1.165, 1.54) is 12.1 Å². The molecule has 0 aliphatic heterocycles. The van der Waals surface area contributed by atoms with Gasteiger partial charge < -0.3 is 15.2 Å². The Bertz CT molecular complexity index is 475. The number of alkyl halides is 3. The molecule has 0 bridgehead atoms. The fraction of sp³-hybridized carbons (Fsp3) is 0.500. The van der Waals surface area contributed by atoms with Crippen LogP contribution in [0.5, 0.6) is 5.75 Å². The van der Waals surface area contributed by atoms with Crippen LogP contribution in [-0.4, -0.2) is 30.0 Å². The molecular formula is C14H18F3NO3. The molecule has 0 aromatic heterocycles. The van der Waals surface area contributed by atoms with E-state index >= 15 is 0 Å². The number of hydrogen-bond acceptors (Lipinski definition) is 3. The third-order valence-electron chi connectivity index (χ3n) is 2.89. The number of amides is 1. The van der Waals surface area contributed by atoms with E-state index in [-0.39, 0.29) is 24.1 Å². The van der Waals surface area contributed by atoms with E-state index in [0.29, 0.717) is 6.42 Å². The Balaban J connectivity index is 2.80. The molecule has 0 heterocycles. The normalized spacial score (nSPS) is 13.1. The second-order valence-corrected chi connectivity index (χ2v) is 4.91. The Hall–Kier alpha value is -1.76. The standard InChI is InChI=1S/C14H18F3NO3/c1-9(2)12(6-7-19)18-13(20)10-4-3-5-11(8-10)21-14(15,16)17/h3-5,8-9,12,19H,6-7H2,1-2H3,(H,18,20). The van der Waals surface area contributed by atoms with Crippen LogP contribution in [0.4, 0.5) is 13.2 Å². The molecule has 0 aliphatic carbocycles. The molecule has 0 spiro atoms. The summed E-state index contributed by atoms with van der Waals surface area (Å²) in [6, 6.07) is 4.60. The Labute approximate surface area is 120 Å². The number of aliphatic hydroxyl groups excluding tert-OH is 1. The average molecular weight is 305 g/mol. The van der Waals surface area contributed by atoms with Crippen molar-refractivity contribution in [2.24, 2.45) is 5.92 Å².